The fourth-order valence-electron chi connectivity index (χ4n) is 2.63. The summed E-state index contributed by atoms with van der Waals surface area (Å²) in [4.78, 5) is 12.2. The summed E-state index contributed by atoms with van der Waals surface area (Å²) < 4.78 is 10.9. The molecule has 0 amide bonds. The van der Waals surface area contributed by atoms with Crippen LogP contribution < -0.4 is 10.4 Å². The summed E-state index contributed by atoms with van der Waals surface area (Å²) in [5.41, 5.74) is -0.101. The van der Waals surface area contributed by atoms with Gasteiger partial charge in [-0.2, -0.15) is 0 Å². The van der Waals surface area contributed by atoms with Crippen LogP contribution in [0.4, 0.5) is 0 Å². The van der Waals surface area contributed by atoms with E-state index < -0.39 is 5.63 Å². The van der Waals surface area contributed by atoms with Gasteiger partial charge in [-0.15, -0.1) is 0 Å². The van der Waals surface area contributed by atoms with Gasteiger partial charge >= 0.3 is 5.63 Å². The van der Waals surface area contributed by atoms with Crippen LogP contribution >= 0.6 is 0 Å². The largest absolute Gasteiger partial charge is 0.504 e. The Balaban J connectivity index is 1.96. The number of phenols is 1. The summed E-state index contributed by atoms with van der Waals surface area (Å²) in [7, 11) is 0. The Bertz CT molecular complexity index is 1070. The minimum Gasteiger partial charge on any atom is -0.504 e. The molecular formula is C19H12O4. The molecule has 4 aromatic rings. The lowest BCUT2D eigenvalue weighted by Crippen LogP contribution is -2.01. The standard InChI is InChI=1S/C19H12O4/c20-18-16(22-12-6-2-1-3-7-12)11-10-14-13-8-4-5-9-15(13)23-19(21)17(14)18/h1-11,20H. The lowest BCUT2D eigenvalue weighted by molar-refractivity contribution is 0.414. The van der Waals surface area contributed by atoms with Crippen molar-refractivity contribution < 1.29 is 14.3 Å². The molecule has 0 aliphatic heterocycles. The molecule has 0 radical (unpaired) electrons. The number of fused-ring (bicyclic) bond motifs is 3. The summed E-state index contributed by atoms with van der Waals surface area (Å²) in [5.74, 6) is 0.574. The summed E-state index contributed by atoms with van der Waals surface area (Å²) >= 11 is 0. The maximum absolute atomic E-state index is 12.2. The number of para-hydroxylation sites is 2. The first-order valence-corrected chi connectivity index (χ1v) is 7.14. The summed E-state index contributed by atoms with van der Waals surface area (Å²) in [6, 6.07) is 19.7. The van der Waals surface area contributed by atoms with Gasteiger partial charge in [0.2, 0.25) is 0 Å². The van der Waals surface area contributed by atoms with Crippen molar-refractivity contribution in [2.24, 2.45) is 0 Å². The van der Waals surface area contributed by atoms with Crippen LogP contribution in [0.25, 0.3) is 21.7 Å². The molecule has 0 fully saturated rings. The van der Waals surface area contributed by atoms with E-state index in [0.717, 1.165) is 5.39 Å². The number of rotatable bonds is 2. The predicted molar refractivity (Wildman–Crippen MR) is 88.2 cm³/mol. The van der Waals surface area contributed by atoms with Gasteiger partial charge in [0, 0.05) is 10.8 Å². The van der Waals surface area contributed by atoms with Crippen molar-refractivity contribution in [3.05, 3.63) is 77.2 Å². The molecule has 0 spiro atoms. The van der Waals surface area contributed by atoms with Crippen molar-refractivity contribution in [1.29, 1.82) is 0 Å². The van der Waals surface area contributed by atoms with Crippen LogP contribution in [0.1, 0.15) is 0 Å². The number of phenolic OH excluding ortho intramolecular Hbond substituents is 1. The Labute approximate surface area is 131 Å². The topological polar surface area (TPSA) is 59.7 Å². The van der Waals surface area contributed by atoms with Crippen molar-refractivity contribution in [2.45, 2.75) is 0 Å². The highest BCUT2D eigenvalue weighted by Gasteiger charge is 2.15. The molecule has 0 unspecified atom stereocenters. The number of ether oxygens (including phenoxy) is 1. The van der Waals surface area contributed by atoms with Gasteiger partial charge < -0.3 is 14.3 Å². The van der Waals surface area contributed by atoms with E-state index in [0.29, 0.717) is 16.7 Å². The zero-order valence-electron chi connectivity index (χ0n) is 12.0. The van der Waals surface area contributed by atoms with Crippen LogP contribution in [-0.4, -0.2) is 5.11 Å². The normalized spacial score (nSPS) is 11.0. The average molecular weight is 304 g/mol. The quantitative estimate of drug-likeness (QED) is 0.439. The van der Waals surface area contributed by atoms with Crippen molar-refractivity contribution in [3.63, 3.8) is 0 Å². The van der Waals surface area contributed by atoms with E-state index >= 15 is 0 Å². The van der Waals surface area contributed by atoms with Crippen LogP contribution in [0, 0.1) is 0 Å². The van der Waals surface area contributed by atoms with Crippen LogP contribution in [0.5, 0.6) is 17.2 Å². The number of hydrogen-bond acceptors (Lipinski definition) is 4. The number of aromatic hydroxyl groups is 1. The zero-order valence-corrected chi connectivity index (χ0v) is 12.0. The van der Waals surface area contributed by atoms with Gasteiger partial charge in [0.15, 0.2) is 11.5 Å². The molecule has 0 aliphatic carbocycles. The highest BCUT2D eigenvalue weighted by Crippen LogP contribution is 2.37. The molecular weight excluding hydrogens is 292 g/mol. The fraction of sp³-hybridized carbons (Fsp3) is 0. The summed E-state index contributed by atoms with van der Waals surface area (Å²) in [6.07, 6.45) is 0. The monoisotopic (exact) mass is 304 g/mol. The summed E-state index contributed by atoms with van der Waals surface area (Å²) in [5, 5.41) is 12.0. The molecule has 4 heteroatoms. The molecule has 4 nitrogen and oxygen atoms in total. The minimum atomic E-state index is -0.588. The molecule has 0 saturated carbocycles. The predicted octanol–water partition coefficient (Wildman–Crippen LogP) is 4.44. The van der Waals surface area contributed by atoms with E-state index in [9.17, 15) is 9.90 Å². The van der Waals surface area contributed by atoms with E-state index in [1.807, 2.05) is 30.3 Å². The van der Waals surface area contributed by atoms with E-state index in [4.69, 9.17) is 9.15 Å². The van der Waals surface area contributed by atoms with Crippen LogP contribution in [-0.2, 0) is 0 Å². The SMILES string of the molecule is O=c1oc2ccccc2c2ccc(Oc3ccccc3)c(O)c12. The molecule has 1 N–H and O–H groups in total. The lowest BCUT2D eigenvalue weighted by Gasteiger charge is -2.10. The molecule has 3 aromatic carbocycles. The molecule has 23 heavy (non-hydrogen) atoms. The second kappa shape index (κ2) is 5.18. The zero-order chi connectivity index (χ0) is 15.8. The molecule has 112 valence electrons. The lowest BCUT2D eigenvalue weighted by atomic mass is 10.1. The van der Waals surface area contributed by atoms with Crippen molar-refractivity contribution in [1.82, 2.24) is 0 Å². The van der Waals surface area contributed by atoms with E-state index in [-0.39, 0.29) is 16.9 Å². The van der Waals surface area contributed by atoms with Gasteiger partial charge in [0.05, 0.1) is 0 Å². The first-order valence-electron chi connectivity index (χ1n) is 7.14. The third-order valence-corrected chi connectivity index (χ3v) is 3.70. The smallest absolute Gasteiger partial charge is 0.348 e. The molecule has 0 aliphatic rings. The van der Waals surface area contributed by atoms with Gasteiger partial charge in [-0.25, -0.2) is 4.79 Å². The van der Waals surface area contributed by atoms with Crippen LogP contribution in [0.15, 0.2) is 75.9 Å². The first-order chi connectivity index (χ1) is 11.2. The Hall–Kier alpha value is -3.27. The van der Waals surface area contributed by atoms with E-state index in [2.05, 4.69) is 0 Å². The molecule has 0 atom stereocenters. The van der Waals surface area contributed by atoms with Gasteiger partial charge in [-0.1, -0.05) is 36.4 Å². The van der Waals surface area contributed by atoms with Crippen LogP contribution in [0.2, 0.25) is 0 Å². The number of hydrogen-bond donors (Lipinski definition) is 1. The van der Waals surface area contributed by atoms with Crippen molar-refractivity contribution >= 4 is 21.7 Å². The first kappa shape index (κ1) is 13.4. The third-order valence-electron chi connectivity index (χ3n) is 3.70. The number of benzene rings is 3. The average Bonchev–Trinajstić information content (AvgIpc) is 2.58. The van der Waals surface area contributed by atoms with Gasteiger partial charge in [0.1, 0.15) is 16.7 Å². The maximum Gasteiger partial charge on any atom is 0.348 e. The Kier molecular flexibility index (Phi) is 3.01. The second-order valence-corrected chi connectivity index (χ2v) is 5.14. The second-order valence-electron chi connectivity index (χ2n) is 5.14. The molecule has 4 rings (SSSR count). The van der Waals surface area contributed by atoms with Gasteiger partial charge in [0.25, 0.3) is 0 Å². The Morgan fingerprint density at radius 1 is 0.826 bits per heavy atom. The molecule has 1 aromatic heterocycles. The minimum absolute atomic E-state index is 0.122. The third kappa shape index (κ3) is 2.21. The molecule has 0 saturated heterocycles. The van der Waals surface area contributed by atoms with Crippen LogP contribution in [0.3, 0.4) is 0 Å². The van der Waals surface area contributed by atoms with E-state index in [1.54, 1.807) is 36.4 Å². The van der Waals surface area contributed by atoms with E-state index in [1.165, 1.54) is 0 Å². The Morgan fingerprint density at radius 3 is 2.39 bits per heavy atom. The Morgan fingerprint density at radius 2 is 1.57 bits per heavy atom. The maximum atomic E-state index is 12.2. The van der Waals surface area contributed by atoms with Gasteiger partial charge in [-0.3, -0.25) is 0 Å². The fourth-order valence-corrected chi connectivity index (χ4v) is 2.63. The van der Waals surface area contributed by atoms with Crippen molar-refractivity contribution in [2.75, 3.05) is 0 Å². The van der Waals surface area contributed by atoms with Gasteiger partial charge in [-0.05, 0) is 30.3 Å². The highest BCUT2D eigenvalue weighted by molar-refractivity contribution is 6.07. The molecule has 0 bridgehead atoms. The molecule has 1 heterocycles. The summed E-state index contributed by atoms with van der Waals surface area (Å²) in [6.45, 7) is 0. The van der Waals surface area contributed by atoms with Crippen molar-refractivity contribution in [3.8, 4) is 17.2 Å². The highest BCUT2D eigenvalue weighted by atomic mass is 16.5.